The molecule has 3 heterocycles. The molecule has 0 radical (unpaired) electrons. The summed E-state index contributed by atoms with van der Waals surface area (Å²) in [6.07, 6.45) is 6.34. The van der Waals surface area contributed by atoms with Crippen LogP contribution in [0.25, 0.3) is 11.3 Å². The number of rotatable bonds is 3. The summed E-state index contributed by atoms with van der Waals surface area (Å²) in [7, 11) is 0. The van der Waals surface area contributed by atoms with Crippen molar-refractivity contribution in [3.8, 4) is 11.3 Å². The first-order chi connectivity index (χ1) is 12.2. The predicted octanol–water partition coefficient (Wildman–Crippen LogP) is 2.51. The van der Waals surface area contributed by atoms with Gasteiger partial charge in [-0.1, -0.05) is 30.3 Å². The third-order valence-corrected chi connectivity index (χ3v) is 4.31. The fraction of sp³-hybridized carbons (Fsp3) is 0.222. The van der Waals surface area contributed by atoms with Gasteiger partial charge >= 0.3 is 0 Å². The van der Waals surface area contributed by atoms with Gasteiger partial charge in [0.05, 0.1) is 17.5 Å². The van der Waals surface area contributed by atoms with Crippen LogP contribution in [0.4, 0.5) is 11.8 Å². The molecule has 0 aliphatic carbocycles. The summed E-state index contributed by atoms with van der Waals surface area (Å²) in [5, 5.41) is 2.94. The average Bonchev–Trinajstić information content (AvgIpc) is 3.05. The highest BCUT2D eigenvalue weighted by Crippen LogP contribution is 2.24. The van der Waals surface area contributed by atoms with Crippen LogP contribution in [0.5, 0.6) is 0 Å². The zero-order valence-electron chi connectivity index (χ0n) is 13.6. The van der Waals surface area contributed by atoms with Crippen LogP contribution < -0.4 is 11.1 Å². The van der Waals surface area contributed by atoms with E-state index in [9.17, 15) is 4.79 Å². The summed E-state index contributed by atoms with van der Waals surface area (Å²) in [6, 6.07) is 9.47. The first kappa shape index (κ1) is 15.3. The Morgan fingerprint density at radius 2 is 1.96 bits per heavy atom. The number of nitrogens with one attached hydrogen (secondary N) is 1. The Morgan fingerprint density at radius 1 is 1.12 bits per heavy atom. The average molecular weight is 334 g/mol. The van der Waals surface area contributed by atoms with E-state index in [2.05, 4.69) is 24.8 Å². The van der Waals surface area contributed by atoms with Crippen molar-refractivity contribution < 1.29 is 4.79 Å². The number of nitrogen functional groups attached to an aromatic ring is 1. The predicted molar refractivity (Wildman–Crippen MR) is 95.0 cm³/mol. The van der Waals surface area contributed by atoms with Crippen molar-refractivity contribution in [2.75, 3.05) is 11.1 Å². The quantitative estimate of drug-likeness (QED) is 0.767. The third kappa shape index (κ3) is 2.96. The summed E-state index contributed by atoms with van der Waals surface area (Å²) in [5.74, 6) is 1.58. The smallest absolute Gasteiger partial charge is 0.260 e. The molecule has 0 fully saturated rings. The van der Waals surface area contributed by atoms with E-state index in [1.54, 1.807) is 6.20 Å². The van der Waals surface area contributed by atoms with Crippen molar-refractivity contribution in [3.05, 3.63) is 54.1 Å². The molecule has 0 saturated carbocycles. The number of aryl methyl sites for hydroxylation is 1. The molecule has 25 heavy (non-hydrogen) atoms. The number of carbonyl (C=O) groups is 1. The minimum atomic E-state index is -0.271. The Hall–Kier alpha value is -3.22. The number of hydrogen-bond acceptors (Lipinski definition) is 5. The van der Waals surface area contributed by atoms with Crippen LogP contribution in [0.2, 0.25) is 0 Å². The van der Waals surface area contributed by atoms with Crippen molar-refractivity contribution in [1.82, 2.24) is 19.5 Å². The molecule has 126 valence electrons. The Labute approximate surface area is 144 Å². The van der Waals surface area contributed by atoms with Crippen LogP contribution in [-0.4, -0.2) is 25.4 Å². The molecule has 0 bridgehead atoms. The summed E-state index contributed by atoms with van der Waals surface area (Å²) >= 11 is 0. The Balaban J connectivity index is 1.68. The van der Waals surface area contributed by atoms with E-state index in [1.807, 2.05) is 30.3 Å². The molecule has 0 spiro atoms. The molecule has 7 nitrogen and oxygen atoms in total. The van der Waals surface area contributed by atoms with Crippen molar-refractivity contribution >= 4 is 17.7 Å². The number of nitrogens with two attached hydrogens (primary N) is 1. The van der Waals surface area contributed by atoms with Crippen molar-refractivity contribution in [1.29, 1.82) is 0 Å². The molecule has 3 aromatic rings. The highest BCUT2D eigenvalue weighted by molar-refractivity contribution is 6.07. The number of aromatic nitrogens is 4. The van der Waals surface area contributed by atoms with Gasteiger partial charge in [-0.25, -0.2) is 15.0 Å². The molecule has 1 aliphatic heterocycles. The first-order valence-corrected chi connectivity index (χ1v) is 8.26. The van der Waals surface area contributed by atoms with Crippen LogP contribution in [0, 0.1) is 0 Å². The fourth-order valence-corrected chi connectivity index (χ4v) is 3.08. The normalized spacial score (nSPS) is 13.3. The SMILES string of the molecule is Nc1ncc(C(=O)Nc2cnc3n2CCCC3)c(-c2ccccc2)n1. The van der Waals surface area contributed by atoms with Gasteiger partial charge < -0.3 is 15.6 Å². The molecule has 2 aromatic heterocycles. The van der Waals surface area contributed by atoms with Crippen LogP contribution in [0.15, 0.2) is 42.7 Å². The lowest BCUT2D eigenvalue weighted by Gasteiger charge is -2.17. The molecule has 1 amide bonds. The molecule has 0 atom stereocenters. The van der Waals surface area contributed by atoms with Crippen molar-refractivity contribution in [2.45, 2.75) is 25.8 Å². The zero-order chi connectivity index (χ0) is 17.2. The van der Waals surface area contributed by atoms with Crippen molar-refractivity contribution in [3.63, 3.8) is 0 Å². The number of hydrogen-bond donors (Lipinski definition) is 2. The molecular formula is C18H18N6O. The molecule has 1 aliphatic rings. The van der Waals surface area contributed by atoms with Gasteiger partial charge in [-0.15, -0.1) is 0 Å². The van der Waals surface area contributed by atoms with Gasteiger partial charge in [0, 0.05) is 24.7 Å². The number of carbonyl (C=O) groups excluding carboxylic acids is 1. The van der Waals surface area contributed by atoms with Crippen LogP contribution >= 0.6 is 0 Å². The number of fused-ring (bicyclic) bond motifs is 1. The lowest BCUT2D eigenvalue weighted by Crippen LogP contribution is -2.19. The fourth-order valence-electron chi connectivity index (χ4n) is 3.08. The lowest BCUT2D eigenvalue weighted by molar-refractivity contribution is 0.102. The maximum absolute atomic E-state index is 12.8. The Morgan fingerprint density at radius 3 is 2.80 bits per heavy atom. The van der Waals surface area contributed by atoms with Gasteiger partial charge in [-0.3, -0.25) is 4.79 Å². The second kappa shape index (κ2) is 6.35. The summed E-state index contributed by atoms with van der Waals surface area (Å²) in [6.45, 7) is 0.870. The largest absolute Gasteiger partial charge is 0.368 e. The second-order valence-corrected chi connectivity index (χ2v) is 5.98. The maximum atomic E-state index is 12.8. The van der Waals surface area contributed by atoms with E-state index in [0.717, 1.165) is 37.2 Å². The zero-order valence-corrected chi connectivity index (χ0v) is 13.6. The number of nitrogens with zero attached hydrogens (tertiary/aromatic N) is 4. The highest BCUT2D eigenvalue weighted by Gasteiger charge is 2.19. The van der Waals surface area contributed by atoms with E-state index in [4.69, 9.17) is 5.73 Å². The van der Waals surface area contributed by atoms with Gasteiger partial charge in [0.1, 0.15) is 11.6 Å². The Bertz CT molecular complexity index is 919. The standard InChI is InChI=1S/C18H18N6O/c19-18-21-10-13(16(23-18)12-6-2-1-3-7-12)17(25)22-15-11-20-14-8-4-5-9-24(14)15/h1-3,6-7,10-11H,4-5,8-9H2,(H,22,25)(H2,19,21,23). The number of amides is 1. The number of anilines is 2. The maximum Gasteiger partial charge on any atom is 0.260 e. The molecular weight excluding hydrogens is 316 g/mol. The van der Waals surface area contributed by atoms with E-state index in [0.29, 0.717) is 17.1 Å². The summed E-state index contributed by atoms with van der Waals surface area (Å²) in [5.41, 5.74) is 7.44. The summed E-state index contributed by atoms with van der Waals surface area (Å²) in [4.78, 5) is 25.5. The summed E-state index contributed by atoms with van der Waals surface area (Å²) < 4.78 is 2.06. The molecule has 3 N–H and O–H groups in total. The van der Waals surface area contributed by atoms with E-state index < -0.39 is 0 Å². The van der Waals surface area contributed by atoms with Gasteiger partial charge in [0.2, 0.25) is 5.95 Å². The highest BCUT2D eigenvalue weighted by atomic mass is 16.1. The molecule has 4 rings (SSSR count). The Kier molecular flexibility index (Phi) is 3.89. The minimum absolute atomic E-state index is 0.136. The monoisotopic (exact) mass is 334 g/mol. The van der Waals surface area contributed by atoms with Gasteiger partial charge in [0.15, 0.2) is 0 Å². The third-order valence-electron chi connectivity index (χ3n) is 4.31. The van der Waals surface area contributed by atoms with E-state index in [-0.39, 0.29) is 11.9 Å². The van der Waals surface area contributed by atoms with Gasteiger partial charge in [-0.05, 0) is 12.8 Å². The molecule has 0 saturated heterocycles. The molecule has 1 aromatic carbocycles. The van der Waals surface area contributed by atoms with Crippen LogP contribution in [-0.2, 0) is 13.0 Å². The second-order valence-electron chi connectivity index (χ2n) is 5.98. The minimum Gasteiger partial charge on any atom is -0.368 e. The van der Waals surface area contributed by atoms with Gasteiger partial charge in [-0.2, -0.15) is 0 Å². The van der Waals surface area contributed by atoms with Gasteiger partial charge in [0.25, 0.3) is 5.91 Å². The lowest BCUT2D eigenvalue weighted by atomic mass is 10.1. The first-order valence-electron chi connectivity index (χ1n) is 8.26. The molecule has 0 unspecified atom stereocenters. The van der Waals surface area contributed by atoms with E-state index in [1.165, 1.54) is 6.20 Å². The van der Waals surface area contributed by atoms with E-state index >= 15 is 0 Å². The number of benzene rings is 1. The molecule has 7 heteroatoms. The van der Waals surface area contributed by atoms with Crippen LogP contribution in [0.3, 0.4) is 0 Å². The van der Waals surface area contributed by atoms with Crippen LogP contribution in [0.1, 0.15) is 29.0 Å². The van der Waals surface area contributed by atoms with Crippen molar-refractivity contribution in [2.24, 2.45) is 0 Å². The topological polar surface area (TPSA) is 98.7 Å². The number of imidazole rings is 1.